The molecule has 4 nitrogen and oxygen atoms in total. The van der Waals surface area contributed by atoms with Crippen molar-refractivity contribution in [3.05, 3.63) is 30.0 Å². The van der Waals surface area contributed by atoms with E-state index in [4.69, 9.17) is 0 Å². The maximum Gasteiger partial charge on any atom is 0.267 e. The van der Waals surface area contributed by atoms with Crippen molar-refractivity contribution in [2.45, 2.75) is 39.7 Å². The van der Waals surface area contributed by atoms with Crippen LogP contribution in [0, 0.1) is 29.1 Å². The number of amides is 1. The molecule has 2 aliphatic rings. The number of pyridine rings is 1. The van der Waals surface area contributed by atoms with Crippen LogP contribution < -0.4 is 5.32 Å². The number of hydrogen-bond acceptors (Lipinski definition) is 2. The maximum atomic E-state index is 13.2. The van der Waals surface area contributed by atoms with E-state index < -0.39 is 5.95 Å². The van der Waals surface area contributed by atoms with Crippen molar-refractivity contribution in [2.24, 2.45) is 23.2 Å². The van der Waals surface area contributed by atoms with Gasteiger partial charge in [-0.15, -0.1) is 0 Å². The van der Waals surface area contributed by atoms with Crippen molar-refractivity contribution in [2.75, 3.05) is 0 Å². The Balaban J connectivity index is 1.54. The average molecular weight is 315 g/mol. The molecule has 2 saturated carbocycles. The summed E-state index contributed by atoms with van der Waals surface area (Å²) in [5.74, 6) is 1.10. The lowest BCUT2D eigenvalue weighted by Gasteiger charge is -2.39. The van der Waals surface area contributed by atoms with Crippen LogP contribution in [0.25, 0.3) is 10.9 Å². The number of hydrogen-bond donors (Lipinski definition) is 2. The highest BCUT2D eigenvalue weighted by Crippen LogP contribution is 2.58. The SMILES string of the molecule is C[C@@H]1[C@@H](NC(=O)c2cc3cc(F)ncc3[nH]2)C2C[C@@H]1C(C)(C)C2. The Bertz CT molecular complexity index is 780. The number of nitrogens with zero attached hydrogens (tertiary/aromatic N) is 1. The molecule has 0 radical (unpaired) electrons. The maximum absolute atomic E-state index is 13.2. The molecule has 1 amide bonds. The minimum Gasteiger partial charge on any atom is -0.349 e. The van der Waals surface area contributed by atoms with E-state index >= 15 is 0 Å². The topological polar surface area (TPSA) is 57.8 Å². The smallest absolute Gasteiger partial charge is 0.267 e. The van der Waals surface area contributed by atoms with Crippen LogP contribution in [0.2, 0.25) is 0 Å². The molecule has 122 valence electrons. The van der Waals surface area contributed by atoms with E-state index in [1.54, 1.807) is 6.07 Å². The van der Waals surface area contributed by atoms with Crippen LogP contribution in [0.5, 0.6) is 0 Å². The van der Waals surface area contributed by atoms with E-state index in [9.17, 15) is 9.18 Å². The number of H-pyrrole nitrogens is 1. The first-order valence-corrected chi connectivity index (χ1v) is 8.30. The summed E-state index contributed by atoms with van der Waals surface area (Å²) in [6.45, 7) is 6.93. The van der Waals surface area contributed by atoms with Gasteiger partial charge in [0.05, 0.1) is 11.7 Å². The zero-order chi connectivity index (χ0) is 16.4. The summed E-state index contributed by atoms with van der Waals surface area (Å²) in [5, 5.41) is 3.88. The third-order valence-corrected chi connectivity index (χ3v) is 6.07. The summed E-state index contributed by atoms with van der Waals surface area (Å²) in [6.07, 6.45) is 3.81. The van der Waals surface area contributed by atoms with E-state index in [1.807, 2.05) is 0 Å². The van der Waals surface area contributed by atoms with Crippen LogP contribution in [0.3, 0.4) is 0 Å². The second-order valence-electron chi connectivity index (χ2n) is 7.93. The van der Waals surface area contributed by atoms with E-state index in [0.29, 0.717) is 39.8 Å². The Morgan fingerprint density at radius 1 is 1.43 bits per heavy atom. The van der Waals surface area contributed by atoms with Crippen LogP contribution in [0.4, 0.5) is 4.39 Å². The molecule has 0 spiro atoms. The molecule has 23 heavy (non-hydrogen) atoms. The summed E-state index contributed by atoms with van der Waals surface area (Å²) in [6, 6.07) is 3.27. The lowest BCUT2D eigenvalue weighted by Crippen LogP contribution is -2.46. The molecule has 2 heterocycles. The number of aromatic nitrogens is 2. The molecule has 2 fully saturated rings. The first-order chi connectivity index (χ1) is 10.8. The third kappa shape index (κ3) is 2.25. The highest BCUT2D eigenvalue weighted by molar-refractivity contribution is 5.98. The number of fused-ring (bicyclic) bond motifs is 3. The molecule has 4 atom stereocenters. The Labute approximate surface area is 134 Å². The Morgan fingerprint density at radius 2 is 2.22 bits per heavy atom. The minimum atomic E-state index is -0.535. The van der Waals surface area contributed by atoms with Gasteiger partial charge in [0.1, 0.15) is 5.69 Å². The number of nitrogens with one attached hydrogen (secondary N) is 2. The molecule has 4 rings (SSSR count). The van der Waals surface area contributed by atoms with Crippen LogP contribution >= 0.6 is 0 Å². The molecular weight excluding hydrogens is 293 g/mol. The zero-order valence-electron chi connectivity index (χ0n) is 13.7. The first kappa shape index (κ1) is 14.7. The first-order valence-electron chi connectivity index (χ1n) is 8.30. The second-order valence-corrected chi connectivity index (χ2v) is 7.93. The quantitative estimate of drug-likeness (QED) is 0.833. The van der Waals surface area contributed by atoms with Gasteiger partial charge in [-0.2, -0.15) is 4.39 Å². The minimum absolute atomic E-state index is 0.108. The van der Waals surface area contributed by atoms with Gasteiger partial charge in [0, 0.05) is 17.5 Å². The number of aromatic amines is 1. The van der Waals surface area contributed by atoms with E-state index in [0.717, 1.165) is 0 Å². The molecule has 2 aromatic heterocycles. The lowest BCUT2D eigenvalue weighted by atomic mass is 9.70. The second kappa shape index (κ2) is 4.79. The Morgan fingerprint density at radius 3 is 2.91 bits per heavy atom. The Kier molecular flexibility index (Phi) is 3.06. The lowest BCUT2D eigenvalue weighted by molar-refractivity contribution is 0.0832. The number of rotatable bonds is 2. The number of carbonyl (C=O) groups is 1. The molecule has 0 saturated heterocycles. The molecule has 1 unspecified atom stereocenters. The van der Waals surface area contributed by atoms with E-state index in [-0.39, 0.29) is 11.9 Å². The van der Waals surface area contributed by atoms with Gasteiger partial charge in [-0.05, 0) is 42.1 Å². The van der Waals surface area contributed by atoms with Crippen molar-refractivity contribution in [3.8, 4) is 0 Å². The normalized spacial score (nSPS) is 31.7. The fourth-order valence-corrected chi connectivity index (χ4v) is 5.04. The van der Waals surface area contributed by atoms with Gasteiger partial charge in [0.25, 0.3) is 5.91 Å². The van der Waals surface area contributed by atoms with Crippen LogP contribution in [0.15, 0.2) is 18.3 Å². The van der Waals surface area contributed by atoms with Gasteiger partial charge in [-0.3, -0.25) is 4.79 Å². The van der Waals surface area contributed by atoms with Crippen molar-refractivity contribution in [3.63, 3.8) is 0 Å². The zero-order valence-corrected chi connectivity index (χ0v) is 13.7. The van der Waals surface area contributed by atoms with Crippen LogP contribution in [-0.4, -0.2) is 21.9 Å². The molecule has 2 bridgehead atoms. The molecule has 2 aliphatic carbocycles. The van der Waals surface area contributed by atoms with Gasteiger partial charge in [-0.25, -0.2) is 4.98 Å². The predicted molar refractivity (Wildman–Crippen MR) is 86.5 cm³/mol. The molecular formula is C18H22FN3O. The third-order valence-electron chi connectivity index (χ3n) is 6.07. The van der Waals surface area contributed by atoms with Crippen molar-refractivity contribution < 1.29 is 9.18 Å². The fraction of sp³-hybridized carbons (Fsp3) is 0.556. The summed E-state index contributed by atoms with van der Waals surface area (Å²) in [5.41, 5.74) is 1.54. The van der Waals surface area contributed by atoms with Crippen molar-refractivity contribution in [1.29, 1.82) is 0 Å². The largest absolute Gasteiger partial charge is 0.349 e. The fourth-order valence-electron chi connectivity index (χ4n) is 5.04. The average Bonchev–Trinajstić information content (AvgIpc) is 3.11. The van der Waals surface area contributed by atoms with E-state index in [1.165, 1.54) is 25.1 Å². The Hall–Kier alpha value is -1.91. The predicted octanol–water partition coefficient (Wildman–Crippen LogP) is 3.50. The number of carbonyl (C=O) groups excluding carboxylic acids is 1. The summed E-state index contributed by atoms with van der Waals surface area (Å²) in [4.78, 5) is 19.2. The van der Waals surface area contributed by atoms with Crippen molar-refractivity contribution >= 4 is 16.8 Å². The standard InChI is InChI=1S/C18H22FN3O/c1-9-12-4-11(7-18(12,2)3)16(9)22-17(23)13-5-10-6-15(19)20-8-14(10)21-13/h5-6,8-9,11-12,16,21H,4,7H2,1-3H3,(H,22,23)/t9-,11?,12-,16+/m0/s1. The summed E-state index contributed by atoms with van der Waals surface area (Å²) >= 11 is 0. The molecule has 5 heteroatoms. The highest BCUT2D eigenvalue weighted by Gasteiger charge is 2.54. The van der Waals surface area contributed by atoms with Gasteiger partial charge < -0.3 is 10.3 Å². The van der Waals surface area contributed by atoms with Crippen LogP contribution in [-0.2, 0) is 0 Å². The molecule has 0 aromatic carbocycles. The highest BCUT2D eigenvalue weighted by atomic mass is 19.1. The summed E-state index contributed by atoms with van der Waals surface area (Å²) < 4.78 is 13.2. The van der Waals surface area contributed by atoms with Gasteiger partial charge >= 0.3 is 0 Å². The van der Waals surface area contributed by atoms with Gasteiger partial charge in [-0.1, -0.05) is 20.8 Å². The monoisotopic (exact) mass is 315 g/mol. The molecule has 0 aliphatic heterocycles. The van der Waals surface area contributed by atoms with E-state index in [2.05, 4.69) is 36.1 Å². The summed E-state index contributed by atoms with van der Waals surface area (Å²) in [7, 11) is 0. The van der Waals surface area contributed by atoms with Gasteiger partial charge in [0.2, 0.25) is 5.95 Å². The van der Waals surface area contributed by atoms with Crippen molar-refractivity contribution in [1.82, 2.24) is 15.3 Å². The molecule has 2 aromatic rings. The molecule has 2 N–H and O–H groups in total. The van der Waals surface area contributed by atoms with Crippen LogP contribution in [0.1, 0.15) is 44.1 Å². The van der Waals surface area contributed by atoms with Gasteiger partial charge in [0.15, 0.2) is 0 Å². The number of halogens is 1.